The number of rotatable bonds is 2. The third kappa shape index (κ3) is 5.52. The smallest absolute Gasteiger partial charge is 0 e. The number of aromatic amines is 1. The molecule has 20 heavy (non-hydrogen) atoms. The van der Waals surface area contributed by atoms with Crippen LogP contribution in [0.5, 0.6) is 0 Å². The van der Waals surface area contributed by atoms with Crippen molar-refractivity contribution in [2.45, 2.75) is 70.6 Å². The molecule has 1 aromatic rings. The number of H-pyrrole nitrogens is 1. The summed E-state index contributed by atoms with van der Waals surface area (Å²) >= 11 is 0. The van der Waals surface area contributed by atoms with E-state index in [1.807, 2.05) is 0 Å². The molecule has 1 fully saturated rings. The van der Waals surface area contributed by atoms with Gasteiger partial charge in [-0.05, 0) is 18.0 Å². The maximum absolute atomic E-state index is 4.17. The molecule has 1 N–H and O–H groups in total. The summed E-state index contributed by atoms with van der Waals surface area (Å²) < 4.78 is 0. The fraction of sp³-hybridized carbons (Fsp3) is 0.706. The van der Waals surface area contributed by atoms with Gasteiger partial charge in [0.1, 0.15) is 0 Å². The van der Waals surface area contributed by atoms with Crippen molar-refractivity contribution >= 4 is 0 Å². The van der Waals surface area contributed by atoms with Gasteiger partial charge >= 0.3 is 0 Å². The van der Waals surface area contributed by atoms with Gasteiger partial charge in [0.15, 0.2) is 0 Å². The van der Waals surface area contributed by atoms with Gasteiger partial charge in [-0.3, -0.25) is 0 Å². The summed E-state index contributed by atoms with van der Waals surface area (Å²) in [4.78, 5) is 0. The number of hydrogen-bond donors (Lipinski definition) is 1. The molecule has 0 unspecified atom stereocenters. The van der Waals surface area contributed by atoms with Crippen LogP contribution in [0.1, 0.15) is 74.7 Å². The Labute approximate surface area is 149 Å². The molecule has 0 aromatic carbocycles. The van der Waals surface area contributed by atoms with Crippen LogP contribution < -0.4 is 0 Å². The fourth-order valence-electron chi connectivity index (χ4n) is 3.30. The molecule has 2 aliphatic rings. The fourth-order valence-corrected chi connectivity index (χ4v) is 3.30. The molecule has 3 rings (SSSR count). The number of nitrogens with one attached hydrogen (secondary N) is 1. The van der Waals surface area contributed by atoms with E-state index in [-0.39, 0.29) is 32.7 Å². The van der Waals surface area contributed by atoms with Crippen molar-refractivity contribution in [1.29, 1.82) is 0 Å². The normalized spacial score (nSPS) is 18.4. The molecular weight excluding hydrogens is 321 g/mol. The summed E-state index contributed by atoms with van der Waals surface area (Å²) in [7, 11) is 0. The van der Waals surface area contributed by atoms with Gasteiger partial charge in [-0.2, -0.15) is 6.42 Å². The van der Waals surface area contributed by atoms with Crippen LogP contribution in [0, 0.1) is 19.8 Å². The average molecular weight is 349 g/mol. The summed E-state index contributed by atoms with van der Waals surface area (Å²) in [5.41, 5.74) is 3.64. The maximum Gasteiger partial charge on any atom is 0 e. The monoisotopic (exact) mass is 349 g/mol. The zero-order valence-corrected chi connectivity index (χ0v) is 15.6. The Kier molecular flexibility index (Phi) is 9.12. The van der Waals surface area contributed by atoms with Crippen LogP contribution in [0.3, 0.4) is 0 Å². The van der Waals surface area contributed by atoms with Crippen LogP contribution in [-0.2, 0) is 45.6 Å². The Hall–Kier alpha value is 0.184. The van der Waals surface area contributed by atoms with E-state index in [2.05, 4.69) is 24.0 Å². The summed E-state index contributed by atoms with van der Waals surface area (Å²) in [6, 6.07) is 0. The second-order valence-corrected chi connectivity index (χ2v) is 5.98. The summed E-state index contributed by atoms with van der Waals surface area (Å²) in [6.45, 7) is 7.76. The second kappa shape index (κ2) is 10.0. The molecule has 1 aromatic heterocycles. The Morgan fingerprint density at radius 1 is 1.05 bits per heavy atom. The number of aryl methyl sites for hydroxylation is 1. The van der Waals surface area contributed by atoms with E-state index in [1.54, 1.807) is 0 Å². The van der Waals surface area contributed by atoms with E-state index in [0.29, 0.717) is 0 Å². The van der Waals surface area contributed by atoms with Crippen LogP contribution in [0.25, 0.3) is 0 Å². The number of hydrogen-bond acceptors (Lipinski definition) is 1. The molecule has 3 heteroatoms. The van der Waals surface area contributed by atoms with Crippen molar-refractivity contribution in [2.75, 3.05) is 0 Å². The largest absolute Gasteiger partial charge is 0.343 e. The molecule has 1 heterocycles. The first-order valence-corrected chi connectivity index (χ1v) is 7.98. The van der Waals surface area contributed by atoms with Crippen molar-refractivity contribution in [2.24, 2.45) is 5.92 Å². The molecule has 111 valence electrons. The van der Waals surface area contributed by atoms with E-state index >= 15 is 0 Å². The third-order valence-corrected chi connectivity index (χ3v) is 4.47. The van der Waals surface area contributed by atoms with Gasteiger partial charge in [-0.15, -0.1) is 11.3 Å². The van der Waals surface area contributed by atoms with Gasteiger partial charge in [0.2, 0.25) is 0 Å². The molecule has 1 saturated carbocycles. The quantitative estimate of drug-likeness (QED) is 0.774. The Balaban J connectivity index is 0.000000192. The molecule has 2 aliphatic carbocycles. The average Bonchev–Trinajstić information content (AvgIpc) is 2.84. The van der Waals surface area contributed by atoms with E-state index in [1.165, 1.54) is 69.0 Å². The minimum atomic E-state index is 0. The van der Waals surface area contributed by atoms with Gasteiger partial charge in [-0.1, -0.05) is 57.8 Å². The number of aromatic nitrogens is 2. The van der Waals surface area contributed by atoms with Gasteiger partial charge < -0.3 is 12.0 Å². The van der Waals surface area contributed by atoms with Crippen LogP contribution in [0.4, 0.5) is 0 Å². The van der Waals surface area contributed by atoms with E-state index in [9.17, 15) is 0 Å². The van der Waals surface area contributed by atoms with Crippen LogP contribution in [0.15, 0.2) is 0 Å². The third-order valence-electron chi connectivity index (χ3n) is 4.47. The maximum atomic E-state index is 4.17. The van der Waals surface area contributed by atoms with Crippen LogP contribution >= 0.6 is 0 Å². The minimum Gasteiger partial charge on any atom is -0.343 e. The first-order valence-electron chi connectivity index (χ1n) is 7.98. The molecular formula is C17H28N2Y-2. The number of fused-ring (bicyclic) bond motifs is 1. The molecule has 1 radical (unpaired) electrons. The van der Waals surface area contributed by atoms with Crippen molar-refractivity contribution in [3.8, 4) is 0 Å². The van der Waals surface area contributed by atoms with Gasteiger partial charge in [0.25, 0.3) is 0 Å². The molecule has 0 atom stereocenters. The standard InChI is InChI=1S/C9H17.C8H11N2.Y/c1-2-6-9-7-4-3-5-8-9;1-6-7-4-2-3-5-8(7)10-9-6;/h9H,1-8H2;1-5H2,(H,9,10);/q2*-1;. The van der Waals surface area contributed by atoms with Crippen LogP contribution in [0.2, 0.25) is 0 Å². The second-order valence-electron chi connectivity index (χ2n) is 5.98. The van der Waals surface area contributed by atoms with Gasteiger partial charge in [0, 0.05) is 32.7 Å². The predicted molar refractivity (Wildman–Crippen MR) is 80.9 cm³/mol. The van der Waals surface area contributed by atoms with E-state index < -0.39 is 0 Å². The summed E-state index contributed by atoms with van der Waals surface area (Å²) in [5, 5.41) is 7.09. The minimum absolute atomic E-state index is 0. The SMILES string of the molecule is [CH2-]CCC1CCCCC1.[CH2-]c1[nH]nc2c1CCCC2.[Y]. The molecule has 2 nitrogen and oxygen atoms in total. The molecule has 0 amide bonds. The summed E-state index contributed by atoms with van der Waals surface area (Å²) in [5.74, 6) is 1.04. The van der Waals surface area contributed by atoms with Crippen molar-refractivity contribution in [3.05, 3.63) is 30.8 Å². The zero-order valence-electron chi connectivity index (χ0n) is 12.8. The molecule has 0 aliphatic heterocycles. The van der Waals surface area contributed by atoms with Crippen molar-refractivity contribution in [1.82, 2.24) is 10.2 Å². The Bertz CT molecular complexity index is 364. The molecule has 0 spiro atoms. The topological polar surface area (TPSA) is 28.7 Å². The van der Waals surface area contributed by atoms with Crippen molar-refractivity contribution in [3.63, 3.8) is 0 Å². The predicted octanol–water partition coefficient (Wildman–Crippen LogP) is 4.65. The first-order chi connectivity index (χ1) is 9.31. The Morgan fingerprint density at radius 2 is 1.75 bits per heavy atom. The van der Waals surface area contributed by atoms with Crippen LogP contribution in [-0.4, -0.2) is 10.2 Å². The molecule has 0 bridgehead atoms. The van der Waals surface area contributed by atoms with Crippen molar-refractivity contribution < 1.29 is 32.7 Å². The summed E-state index contributed by atoms with van der Waals surface area (Å²) in [6.07, 6.45) is 14.8. The number of nitrogens with zero attached hydrogens (tertiary/aromatic N) is 1. The van der Waals surface area contributed by atoms with E-state index in [4.69, 9.17) is 0 Å². The van der Waals surface area contributed by atoms with Gasteiger partial charge in [0.05, 0.1) is 0 Å². The van der Waals surface area contributed by atoms with Gasteiger partial charge in [-0.25, -0.2) is 12.0 Å². The first kappa shape index (κ1) is 18.2. The zero-order chi connectivity index (χ0) is 13.5. The molecule has 0 saturated heterocycles. The Morgan fingerprint density at radius 3 is 2.40 bits per heavy atom. The van der Waals surface area contributed by atoms with E-state index in [0.717, 1.165) is 24.5 Å².